The van der Waals surface area contributed by atoms with Gasteiger partial charge in [0.1, 0.15) is 0 Å². The Morgan fingerprint density at radius 3 is 2.60 bits per heavy atom. The number of nitrogens with zero attached hydrogens (tertiary/aromatic N) is 2. The van der Waals surface area contributed by atoms with Crippen LogP contribution in [-0.2, 0) is 4.79 Å². The minimum Gasteiger partial charge on any atom is -0.211 e. The van der Waals surface area contributed by atoms with Gasteiger partial charge in [0.25, 0.3) is 0 Å². The minimum atomic E-state index is 0.00150. The summed E-state index contributed by atoms with van der Waals surface area (Å²) in [5, 5.41) is 8.81. The Hall–Kier alpha value is -1.13. The fraction of sp³-hybridized carbons (Fsp3) is 0.833. The van der Waals surface area contributed by atoms with E-state index in [1.807, 2.05) is 0 Å². The molecule has 82 valence electrons. The SMILES string of the molecule is CC1(C)CC(N=C=O)CC(C)(CC#N)C1. The van der Waals surface area contributed by atoms with Crippen LogP contribution in [0.15, 0.2) is 4.99 Å². The van der Waals surface area contributed by atoms with Crippen molar-refractivity contribution in [1.82, 2.24) is 0 Å². The van der Waals surface area contributed by atoms with E-state index in [1.165, 1.54) is 0 Å². The molecule has 0 saturated heterocycles. The first-order valence-corrected chi connectivity index (χ1v) is 5.35. The van der Waals surface area contributed by atoms with Gasteiger partial charge in [0.2, 0.25) is 6.08 Å². The molecule has 0 aromatic carbocycles. The van der Waals surface area contributed by atoms with Crippen LogP contribution in [0.5, 0.6) is 0 Å². The molecule has 1 aliphatic carbocycles. The molecule has 0 aliphatic heterocycles. The third-order valence-corrected chi connectivity index (χ3v) is 3.16. The maximum atomic E-state index is 10.3. The fourth-order valence-corrected chi connectivity index (χ4v) is 3.07. The highest BCUT2D eigenvalue weighted by molar-refractivity contribution is 5.33. The molecule has 2 atom stereocenters. The molecule has 0 radical (unpaired) electrons. The van der Waals surface area contributed by atoms with Crippen LogP contribution in [0.25, 0.3) is 0 Å². The van der Waals surface area contributed by atoms with Gasteiger partial charge in [-0.05, 0) is 30.1 Å². The lowest BCUT2D eigenvalue weighted by Crippen LogP contribution is -2.37. The fourth-order valence-electron chi connectivity index (χ4n) is 3.07. The van der Waals surface area contributed by atoms with Crippen LogP contribution in [0.3, 0.4) is 0 Å². The maximum absolute atomic E-state index is 10.3. The molecule has 0 N–H and O–H groups in total. The van der Waals surface area contributed by atoms with Gasteiger partial charge in [-0.2, -0.15) is 5.26 Å². The molecule has 1 fully saturated rings. The standard InChI is InChI=1S/C12H18N2O/c1-11(2)6-10(14-9-15)7-12(3,8-11)4-5-13/h10H,4,6-8H2,1-3H3. The van der Waals surface area contributed by atoms with Gasteiger partial charge in [-0.3, -0.25) is 0 Å². The molecule has 0 aromatic heterocycles. The van der Waals surface area contributed by atoms with E-state index in [4.69, 9.17) is 5.26 Å². The van der Waals surface area contributed by atoms with Gasteiger partial charge in [0.15, 0.2) is 0 Å². The minimum absolute atomic E-state index is 0.00150. The maximum Gasteiger partial charge on any atom is 0.235 e. The zero-order valence-electron chi connectivity index (χ0n) is 9.71. The normalized spacial score (nSPS) is 33.9. The Morgan fingerprint density at radius 2 is 2.07 bits per heavy atom. The summed E-state index contributed by atoms with van der Waals surface area (Å²) < 4.78 is 0. The van der Waals surface area contributed by atoms with Crippen LogP contribution in [0.4, 0.5) is 0 Å². The largest absolute Gasteiger partial charge is 0.235 e. The zero-order valence-corrected chi connectivity index (χ0v) is 9.71. The van der Waals surface area contributed by atoms with Crippen LogP contribution < -0.4 is 0 Å². The molecule has 1 aliphatic rings. The van der Waals surface area contributed by atoms with Gasteiger partial charge in [0.05, 0.1) is 12.1 Å². The smallest absolute Gasteiger partial charge is 0.211 e. The lowest BCUT2D eigenvalue weighted by Gasteiger charge is -2.44. The number of isocyanates is 1. The molecule has 15 heavy (non-hydrogen) atoms. The van der Waals surface area contributed by atoms with Crippen LogP contribution in [-0.4, -0.2) is 12.1 Å². The summed E-state index contributed by atoms with van der Waals surface area (Å²) in [4.78, 5) is 14.1. The summed E-state index contributed by atoms with van der Waals surface area (Å²) in [6, 6.07) is 2.28. The monoisotopic (exact) mass is 206 g/mol. The van der Waals surface area contributed by atoms with E-state index in [-0.39, 0.29) is 16.9 Å². The van der Waals surface area contributed by atoms with E-state index in [0.717, 1.165) is 19.3 Å². The molecule has 1 rings (SSSR count). The molecule has 0 heterocycles. The molecule has 0 spiro atoms. The second-order valence-corrected chi connectivity index (χ2v) is 5.77. The van der Waals surface area contributed by atoms with Gasteiger partial charge in [-0.1, -0.05) is 20.8 Å². The molecule has 1 saturated carbocycles. The Balaban J connectivity index is 2.85. The predicted molar refractivity (Wildman–Crippen MR) is 57.9 cm³/mol. The Kier molecular flexibility index (Phi) is 3.31. The predicted octanol–water partition coefficient (Wildman–Crippen LogP) is 2.82. The third kappa shape index (κ3) is 3.18. The first kappa shape index (κ1) is 11.9. The van der Waals surface area contributed by atoms with Crippen LogP contribution in [0.2, 0.25) is 0 Å². The van der Waals surface area contributed by atoms with Crippen molar-refractivity contribution in [3.63, 3.8) is 0 Å². The third-order valence-electron chi connectivity index (χ3n) is 3.16. The van der Waals surface area contributed by atoms with E-state index >= 15 is 0 Å². The topological polar surface area (TPSA) is 53.2 Å². The quantitative estimate of drug-likeness (QED) is 0.515. The molecule has 3 nitrogen and oxygen atoms in total. The van der Waals surface area contributed by atoms with Crippen LogP contribution in [0.1, 0.15) is 46.5 Å². The molecule has 3 heteroatoms. The van der Waals surface area contributed by atoms with Crippen molar-refractivity contribution in [3.8, 4) is 6.07 Å². The van der Waals surface area contributed by atoms with Crippen molar-refractivity contribution in [2.24, 2.45) is 15.8 Å². The summed E-state index contributed by atoms with van der Waals surface area (Å²) >= 11 is 0. The Labute approximate surface area is 91.2 Å². The van der Waals surface area contributed by atoms with Crippen LogP contribution >= 0.6 is 0 Å². The Bertz CT molecular complexity index is 323. The van der Waals surface area contributed by atoms with E-state index in [2.05, 4.69) is 31.8 Å². The average Bonchev–Trinajstić information content (AvgIpc) is 1.99. The Morgan fingerprint density at radius 1 is 1.40 bits per heavy atom. The first-order chi connectivity index (χ1) is 6.91. The van der Waals surface area contributed by atoms with E-state index in [1.54, 1.807) is 6.08 Å². The van der Waals surface area contributed by atoms with Gasteiger partial charge >= 0.3 is 0 Å². The van der Waals surface area contributed by atoms with Gasteiger partial charge in [0, 0.05) is 6.42 Å². The summed E-state index contributed by atoms with van der Waals surface area (Å²) in [7, 11) is 0. The highest BCUT2D eigenvalue weighted by atomic mass is 16.1. The number of aliphatic imine (C=N–C) groups is 1. The van der Waals surface area contributed by atoms with Gasteiger partial charge in [-0.15, -0.1) is 0 Å². The van der Waals surface area contributed by atoms with Crippen molar-refractivity contribution < 1.29 is 4.79 Å². The number of hydrogen-bond acceptors (Lipinski definition) is 3. The first-order valence-electron chi connectivity index (χ1n) is 5.35. The second kappa shape index (κ2) is 4.16. The summed E-state index contributed by atoms with van der Waals surface area (Å²) in [5.41, 5.74) is 0.163. The second-order valence-electron chi connectivity index (χ2n) is 5.77. The highest BCUT2D eigenvalue weighted by Crippen LogP contribution is 2.48. The van der Waals surface area contributed by atoms with Gasteiger partial charge < -0.3 is 0 Å². The zero-order chi connectivity index (χ0) is 11.5. The number of carbonyl (C=O) groups excluding carboxylic acids is 1. The highest BCUT2D eigenvalue weighted by Gasteiger charge is 2.41. The number of hydrogen-bond donors (Lipinski definition) is 0. The van der Waals surface area contributed by atoms with E-state index in [9.17, 15) is 4.79 Å². The van der Waals surface area contributed by atoms with Crippen molar-refractivity contribution in [2.45, 2.75) is 52.5 Å². The molecule has 0 aromatic rings. The lowest BCUT2D eigenvalue weighted by atomic mass is 9.62. The number of nitriles is 1. The van der Waals surface area contributed by atoms with Crippen molar-refractivity contribution in [1.29, 1.82) is 5.26 Å². The molecule has 0 amide bonds. The van der Waals surface area contributed by atoms with Crippen molar-refractivity contribution >= 4 is 6.08 Å². The summed E-state index contributed by atoms with van der Waals surface area (Å²) in [6.07, 6.45) is 4.97. The summed E-state index contributed by atoms with van der Waals surface area (Å²) in [6.45, 7) is 6.47. The van der Waals surface area contributed by atoms with E-state index < -0.39 is 0 Å². The molecular formula is C12H18N2O. The van der Waals surface area contributed by atoms with E-state index in [0.29, 0.717) is 6.42 Å². The lowest BCUT2D eigenvalue weighted by molar-refractivity contribution is 0.0880. The number of rotatable bonds is 2. The van der Waals surface area contributed by atoms with Gasteiger partial charge in [-0.25, -0.2) is 9.79 Å². The average molecular weight is 206 g/mol. The van der Waals surface area contributed by atoms with Crippen LogP contribution in [0, 0.1) is 22.2 Å². The molecule has 2 unspecified atom stereocenters. The molecular weight excluding hydrogens is 188 g/mol. The van der Waals surface area contributed by atoms with Crippen molar-refractivity contribution in [3.05, 3.63) is 0 Å². The molecule has 0 bridgehead atoms. The van der Waals surface area contributed by atoms with Crippen molar-refractivity contribution in [2.75, 3.05) is 0 Å². The summed E-state index contributed by atoms with van der Waals surface area (Å²) in [5.74, 6) is 0.